The number of hydrogen-bond acceptors (Lipinski definition) is 3. The van der Waals surface area contributed by atoms with E-state index in [1.165, 1.54) is 0 Å². The summed E-state index contributed by atoms with van der Waals surface area (Å²) in [6.07, 6.45) is 3.55. The fourth-order valence-corrected chi connectivity index (χ4v) is 2.22. The molecule has 0 heterocycles. The highest BCUT2D eigenvalue weighted by Gasteiger charge is 2.19. The average molecular weight is 297 g/mol. The Morgan fingerprint density at radius 2 is 1.55 bits per heavy atom. The maximum atomic E-state index is 6.21. The second-order valence-electron chi connectivity index (χ2n) is 4.22. The van der Waals surface area contributed by atoms with Crippen molar-refractivity contribution in [1.82, 2.24) is 0 Å². The molecule has 0 spiro atoms. The number of benzene rings is 1. The molecule has 0 aliphatic rings. The highest BCUT2D eigenvalue weighted by molar-refractivity contribution is 6.32. The molecule has 110 valence electrons. The van der Waals surface area contributed by atoms with Crippen LogP contribution in [0, 0.1) is 11.8 Å². The van der Waals surface area contributed by atoms with Crippen molar-refractivity contribution < 1.29 is 14.2 Å². The van der Waals surface area contributed by atoms with Gasteiger partial charge in [-0.15, -0.1) is 11.8 Å². The van der Waals surface area contributed by atoms with E-state index in [9.17, 15) is 0 Å². The monoisotopic (exact) mass is 296 g/mol. The summed E-state index contributed by atoms with van der Waals surface area (Å²) in [7, 11) is 4.73. The minimum absolute atomic E-state index is 0.492. The molecule has 0 unspecified atom stereocenters. The highest BCUT2D eigenvalue weighted by Crippen LogP contribution is 2.45. The summed E-state index contributed by atoms with van der Waals surface area (Å²) in [5.74, 6) is 7.96. The van der Waals surface area contributed by atoms with Crippen molar-refractivity contribution in [1.29, 1.82) is 0 Å². The highest BCUT2D eigenvalue weighted by atomic mass is 35.5. The lowest BCUT2D eigenvalue weighted by molar-refractivity contribution is 0.322. The zero-order valence-electron chi connectivity index (χ0n) is 12.5. The van der Waals surface area contributed by atoms with Crippen LogP contribution < -0.4 is 14.2 Å². The first-order valence-corrected chi connectivity index (χ1v) is 7.00. The fraction of sp³-hybridized carbons (Fsp3) is 0.500. The first-order chi connectivity index (χ1) is 9.69. The van der Waals surface area contributed by atoms with Gasteiger partial charge in [-0.2, -0.15) is 0 Å². The molecule has 0 aliphatic carbocycles. The molecular formula is C16H21ClO3. The van der Waals surface area contributed by atoms with Gasteiger partial charge in [-0.3, -0.25) is 0 Å². The van der Waals surface area contributed by atoms with Gasteiger partial charge in [0.15, 0.2) is 11.5 Å². The Bertz CT molecular complexity index is 501. The lowest BCUT2D eigenvalue weighted by atomic mass is 10.1. The van der Waals surface area contributed by atoms with Crippen molar-refractivity contribution in [2.75, 3.05) is 21.3 Å². The summed E-state index contributed by atoms with van der Waals surface area (Å²) >= 11 is 6.21. The Hall–Kier alpha value is -1.53. The number of hydrogen-bond donors (Lipinski definition) is 0. The Morgan fingerprint density at radius 3 is 2.10 bits per heavy atom. The van der Waals surface area contributed by atoms with E-state index in [-0.39, 0.29) is 0 Å². The van der Waals surface area contributed by atoms with Gasteiger partial charge in [0.05, 0.1) is 26.4 Å². The molecular weight excluding hydrogens is 276 g/mol. The summed E-state index contributed by atoms with van der Waals surface area (Å²) < 4.78 is 16.0. The van der Waals surface area contributed by atoms with Crippen molar-refractivity contribution in [3.8, 4) is 29.1 Å². The molecule has 1 aromatic rings. The van der Waals surface area contributed by atoms with Crippen LogP contribution in [0.3, 0.4) is 0 Å². The van der Waals surface area contributed by atoms with Gasteiger partial charge in [-0.25, -0.2) is 0 Å². The molecule has 0 aliphatic heterocycles. The van der Waals surface area contributed by atoms with Crippen LogP contribution in [-0.4, -0.2) is 21.3 Å². The Morgan fingerprint density at radius 1 is 0.950 bits per heavy atom. The number of unbranched alkanes of at least 4 members (excludes halogenated alkanes) is 1. The van der Waals surface area contributed by atoms with E-state index in [1.807, 2.05) is 6.07 Å². The smallest absolute Gasteiger partial charge is 0.205 e. The fourth-order valence-electron chi connectivity index (χ4n) is 1.93. The number of rotatable bonds is 6. The zero-order chi connectivity index (χ0) is 15.0. The third-order valence-electron chi connectivity index (χ3n) is 2.85. The maximum Gasteiger partial charge on any atom is 0.205 e. The second kappa shape index (κ2) is 8.60. The first-order valence-electron chi connectivity index (χ1n) is 6.62. The predicted octanol–water partition coefficient (Wildman–Crippen LogP) is 4.10. The first kappa shape index (κ1) is 16.5. The molecule has 3 nitrogen and oxygen atoms in total. The normalized spacial score (nSPS) is 9.65. The van der Waals surface area contributed by atoms with E-state index in [0.717, 1.165) is 31.2 Å². The summed E-state index contributed by atoms with van der Waals surface area (Å²) in [6, 6.07) is 1.85. The second-order valence-corrected chi connectivity index (χ2v) is 4.63. The van der Waals surface area contributed by atoms with E-state index >= 15 is 0 Å². The topological polar surface area (TPSA) is 27.7 Å². The molecule has 0 atom stereocenters. The largest absolute Gasteiger partial charge is 0.492 e. The molecule has 0 saturated heterocycles. The van der Waals surface area contributed by atoms with Gasteiger partial charge in [-0.05, 0) is 18.9 Å². The van der Waals surface area contributed by atoms with Gasteiger partial charge in [0, 0.05) is 18.4 Å². The van der Waals surface area contributed by atoms with Gasteiger partial charge in [-0.1, -0.05) is 18.5 Å². The van der Waals surface area contributed by atoms with Crippen LogP contribution >= 0.6 is 11.6 Å². The summed E-state index contributed by atoms with van der Waals surface area (Å²) in [5.41, 5.74) is 0.973. The van der Waals surface area contributed by atoms with Crippen LogP contribution in [0.1, 0.15) is 31.7 Å². The lowest BCUT2D eigenvalue weighted by Gasteiger charge is -2.16. The van der Waals surface area contributed by atoms with E-state index in [1.54, 1.807) is 21.3 Å². The molecule has 0 N–H and O–H groups in total. The molecule has 0 aromatic heterocycles. The van der Waals surface area contributed by atoms with E-state index in [2.05, 4.69) is 18.8 Å². The molecule has 1 aromatic carbocycles. The van der Waals surface area contributed by atoms with E-state index < -0.39 is 0 Å². The zero-order valence-corrected chi connectivity index (χ0v) is 13.3. The molecule has 1 rings (SSSR count). The van der Waals surface area contributed by atoms with Crippen LogP contribution in [0.4, 0.5) is 0 Å². The minimum Gasteiger partial charge on any atom is -0.492 e. The molecule has 0 saturated carbocycles. The Balaban J connectivity index is 3.02. The van der Waals surface area contributed by atoms with Crippen molar-refractivity contribution >= 4 is 11.6 Å². The van der Waals surface area contributed by atoms with E-state index in [4.69, 9.17) is 25.8 Å². The lowest BCUT2D eigenvalue weighted by Crippen LogP contribution is -2.00. The number of aryl methyl sites for hydroxylation is 1. The Kier molecular flexibility index (Phi) is 7.11. The summed E-state index contributed by atoms with van der Waals surface area (Å²) in [5, 5.41) is 0.515. The van der Waals surface area contributed by atoms with Crippen LogP contribution in [0.25, 0.3) is 0 Å². The maximum absolute atomic E-state index is 6.21. The standard InChI is InChI=1S/C16H21ClO3/c1-5-6-7-8-9-10-12-11-13(17)15(19-3)16(20-4)14(12)18-2/h11H,5-6,9-10H2,1-4H3. The minimum atomic E-state index is 0.492. The van der Waals surface area contributed by atoms with Crippen molar-refractivity contribution in [3.05, 3.63) is 16.7 Å². The van der Waals surface area contributed by atoms with Gasteiger partial charge < -0.3 is 14.2 Å². The average Bonchev–Trinajstić information content (AvgIpc) is 2.46. The van der Waals surface area contributed by atoms with Gasteiger partial charge in [0.25, 0.3) is 0 Å². The SMILES string of the molecule is CCCC#CCCc1cc(Cl)c(OC)c(OC)c1OC. The molecule has 0 bridgehead atoms. The molecule has 20 heavy (non-hydrogen) atoms. The number of ether oxygens (including phenoxy) is 3. The molecule has 0 amide bonds. The van der Waals surface area contributed by atoms with Crippen molar-refractivity contribution in [3.63, 3.8) is 0 Å². The summed E-state index contributed by atoms with van der Waals surface area (Å²) in [4.78, 5) is 0. The molecule has 0 radical (unpaired) electrons. The Labute approximate surface area is 126 Å². The van der Waals surface area contributed by atoms with E-state index in [0.29, 0.717) is 22.3 Å². The third kappa shape index (κ3) is 3.98. The number of halogens is 1. The van der Waals surface area contributed by atoms with Gasteiger partial charge in [0.1, 0.15) is 0 Å². The molecule has 4 heteroatoms. The predicted molar refractivity (Wildman–Crippen MR) is 82.1 cm³/mol. The van der Waals surface area contributed by atoms with Crippen LogP contribution in [0.5, 0.6) is 17.2 Å². The third-order valence-corrected chi connectivity index (χ3v) is 3.13. The van der Waals surface area contributed by atoms with Gasteiger partial charge in [0.2, 0.25) is 5.75 Å². The quantitative estimate of drug-likeness (QED) is 0.740. The van der Waals surface area contributed by atoms with Crippen LogP contribution in [0.15, 0.2) is 6.07 Å². The van der Waals surface area contributed by atoms with Crippen molar-refractivity contribution in [2.45, 2.75) is 32.6 Å². The van der Waals surface area contributed by atoms with Gasteiger partial charge >= 0.3 is 0 Å². The number of methoxy groups -OCH3 is 3. The summed E-state index contributed by atoms with van der Waals surface area (Å²) in [6.45, 7) is 2.12. The molecule has 0 fully saturated rings. The van der Waals surface area contributed by atoms with Crippen LogP contribution in [-0.2, 0) is 6.42 Å². The van der Waals surface area contributed by atoms with Crippen LogP contribution in [0.2, 0.25) is 5.02 Å². The van der Waals surface area contributed by atoms with Crippen molar-refractivity contribution in [2.24, 2.45) is 0 Å².